The molecular formula is C22H25N5O4. The molecule has 0 heterocycles. The van der Waals surface area contributed by atoms with Crippen molar-refractivity contribution in [2.45, 2.75) is 18.9 Å². The van der Waals surface area contributed by atoms with E-state index < -0.39 is 17.9 Å². The quantitative estimate of drug-likeness (QED) is 0.204. The van der Waals surface area contributed by atoms with Crippen LogP contribution < -0.4 is 27.6 Å². The summed E-state index contributed by atoms with van der Waals surface area (Å²) >= 11 is 0. The van der Waals surface area contributed by atoms with Crippen molar-refractivity contribution in [3.8, 4) is 11.8 Å². The number of anilines is 1. The van der Waals surface area contributed by atoms with E-state index in [1.165, 1.54) is 5.48 Å². The fourth-order valence-corrected chi connectivity index (χ4v) is 2.52. The zero-order valence-corrected chi connectivity index (χ0v) is 16.9. The first-order chi connectivity index (χ1) is 15.0. The number of hydroxylamine groups is 1. The molecule has 8 N–H and O–H groups in total. The molecule has 2 rings (SSSR count). The van der Waals surface area contributed by atoms with Crippen molar-refractivity contribution in [2.24, 2.45) is 11.5 Å². The van der Waals surface area contributed by atoms with Crippen LogP contribution in [0, 0.1) is 11.8 Å². The molecule has 31 heavy (non-hydrogen) atoms. The van der Waals surface area contributed by atoms with Crippen molar-refractivity contribution in [1.82, 2.24) is 10.8 Å². The number of carbonyl (C=O) groups is 3. The molecule has 0 aliphatic carbocycles. The smallest absolute Gasteiger partial charge is 0.267 e. The van der Waals surface area contributed by atoms with E-state index in [2.05, 4.69) is 22.5 Å². The first-order valence-electron chi connectivity index (χ1n) is 9.63. The van der Waals surface area contributed by atoms with Crippen molar-refractivity contribution in [1.29, 1.82) is 0 Å². The van der Waals surface area contributed by atoms with E-state index in [0.29, 0.717) is 36.2 Å². The van der Waals surface area contributed by atoms with Crippen molar-refractivity contribution >= 4 is 23.4 Å². The largest absolute Gasteiger partial charge is 0.339 e. The fraction of sp³-hybridized carbons (Fsp3) is 0.227. The van der Waals surface area contributed by atoms with Gasteiger partial charge in [-0.2, -0.15) is 0 Å². The van der Waals surface area contributed by atoms with Crippen LogP contribution >= 0.6 is 0 Å². The topological polar surface area (TPSA) is 160 Å². The van der Waals surface area contributed by atoms with Gasteiger partial charge in [0, 0.05) is 35.3 Å². The van der Waals surface area contributed by atoms with Gasteiger partial charge in [0.25, 0.3) is 11.8 Å². The van der Waals surface area contributed by atoms with Gasteiger partial charge in [-0.25, -0.2) is 5.48 Å². The van der Waals surface area contributed by atoms with E-state index in [9.17, 15) is 14.4 Å². The molecule has 9 nitrogen and oxygen atoms in total. The molecule has 9 heteroatoms. The summed E-state index contributed by atoms with van der Waals surface area (Å²) in [5.41, 5.74) is 14.7. The first kappa shape index (κ1) is 23.6. The summed E-state index contributed by atoms with van der Waals surface area (Å²) in [5, 5.41) is 13.9. The maximum Gasteiger partial charge on any atom is 0.267 e. The number of benzene rings is 2. The molecule has 0 aromatic heterocycles. The molecule has 0 bridgehead atoms. The highest BCUT2D eigenvalue weighted by Crippen LogP contribution is 2.10. The third-order valence-corrected chi connectivity index (χ3v) is 4.24. The van der Waals surface area contributed by atoms with Gasteiger partial charge in [-0.15, -0.1) is 0 Å². The molecule has 0 saturated heterocycles. The zero-order chi connectivity index (χ0) is 22.6. The molecule has 0 saturated carbocycles. The predicted octanol–water partition coefficient (Wildman–Crippen LogP) is 0.326. The maximum atomic E-state index is 12.2. The fourth-order valence-electron chi connectivity index (χ4n) is 2.52. The zero-order valence-electron chi connectivity index (χ0n) is 16.9. The SMILES string of the molecule is NCCCC(=O)Nc1ccc(C#Cc2ccc(C(=O)N[C@@H](CN)C(=O)NO)cc2)cc1. The van der Waals surface area contributed by atoms with Gasteiger partial charge >= 0.3 is 0 Å². The van der Waals surface area contributed by atoms with Crippen LogP contribution in [0.2, 0.25) is 0 Å². The van der Waals surface area contributed by atoms with E-state index in [4.69, 9.17) is 16.7 Å². The molecule has 2 aromatic carbocycles. The molecule has 3 amide bonds. The lowest BCUT2D eigenvalue weighted by Gasteiger charge is -2.14. The van der Waals surface area contributed by atoms with E-state index in [-0.39, 0.29) is 12.5 Å². The van der Waals surface area contributed by atoms with Gasteiger partial charge in [0.2, 0.25) is 5.91 Å². The number of hydrogen-bond donors (Lipinski definition) is 6. The number of nitrogens with one attached hydrogen (secondary N) is 3. The summed E-state index contributed by atoms with van der Waals surface area (Å²) in [7, 11) is 0. The van der Waals surface area contributed by atoms with Gasteiger partial charge in [-0.05, 0) is 61.5 Å². The average Bonchev–Trinajstić information content (AvgIpc) is 2.80. The molecule has 2 aromatic rings. The van der Waals surface area contributed by atoms with Crippen molar-refractivity contribution in [2.75, 3.05) is 18.4 Å². The Bertz CT molecular complexity index is 962. The number of hydrogen-bond acceptors (Lipinski definition) is 6. The van der Waals surface area contributed by atoms with E-state index in [0.717, 1.165) is 5.56 Å². The van der Waals surface area contributed by atoms with Crippen LogP contribution in [-0.2, 0) is 9.59 Å². The Morgan fingerprint density at radius 3 is 2.03 bits per heavy atom. The van der Waals surface area contributed by atoms with Crippen molar-refractivity contribution in [3.05, 3.63) is 65.2 Å². The van der Waals surface area contributed by atoms with Crippen LogP contribution in [0.1, 0.15) is 34.3 Å². The highest BCUT2D eigenvalue weighted by molar-refractivity contribution is 5.97. The molecule has 0 aliphatic rings. The average molecular weight is 423 g/mol. The van der Waals surface area contributed by atoms with Crippen LogP contribution in [0.5, 0.6) is 0 Å². The summed E-state index contributed by atoms with van der Waals surface area (Å²) in [6, 6.07) is 12.6. The summed E-state index contributed by atoms with van der Waals surface area (Å²) in [6.45, 7) is 0.320. The Labute approximate surface area is 180 Å². The molecule has 0 fully saturated rings. The van der Waals surface area contributed by atoms with E-state index in [1.807, 2.05) is 0 Å². The van der Waals surface area contributed by atoms with Crippen LogP contribution in [0.3, 0.4) is 0 Å². The lowest BCUT2D eigenvalue weighted by Crippen LogP contribution is -2.50. The second-order valence-electron chi connectivity index (χ2n) is 6.58. The molecule has 0 radical (unpaired) electrons. The van der Waals surface area contributed by atoms with Gasteiger partial charge in [-0.1, -0.05) is 11.8 Å². The lowest BCUT2D eigenvalue weighted by atomic mass is 10.1. The predicted molar refractivity (Wildman–Crippen MR) is 116 cm³/mol. The van der Waals surface area contributed by atoms with Crippen LogP contribution in [0.25, 0.3) is 0 Å². The normalized spacial score (nSPS) is 10.9. The Morgan fingerprint density at radius 1 is 0.935 bits per heavy atom. The molecule has 0 aliphatic heterocycles. The van der Waals surface area contributed by atoms with Gasteiger partial charge in [-0.3, -0.25) is 19.6 Å². The number of nitrogens with two attached hydrogens (primary N) is 2. The summed E-state index contributed by atoms with van der Waals surface area (Å²) < 4.78 is 0. The van der Waals surface area contributed by atoms with E-state index >= 15 is 0 Å². The van der Waals surface area contributed by atoms with Crippen LogP contribution in [0.15, 0.2) is 48.5 Å². The van der Waals surface area contributed by atoms with Gasteiger partial charge < -0.3 is 22.1 Å². The number of rotatable bonds is 8. The highest BCUT2D eigenvalue weighted by Gasteiger charge is 2.19. The van der Waals surface area contributed by atoms with Crippen molar-refractivity contribution in [3.63, 3.8) is 0 Å². The first-order valence-corrected chi connectivity index (χ1v) is 9.63. The molecule has 0 spiro atoms. The number of carbonyl (C=O) groups excluding carboxylic acids is 3. The van der Waals surface area contributed by atoms with E-state index in [1.54, 1.807) is 48.5 Å². The Hall–Kier alpha value is -3.71. The highest BCUT2D eigenvalue weighted by atomic mass is 16.5. The summed E-state index contributed by atoms with van der Waals surface area (Å²) in [5.74, 6) is 4.64. The lowest BCUT2D eigenvalue weighted by molar-refractivity contribution is -0.130. The van der Waals surface area contributed by atoms with Crippen LogP contribution in [-0.4, -0.2) is 42.1 Å². The minimum absolute atomic E-state index is 0.0804. The third kappa shape index (κ3) is 7.56. The Morgan fingerprint density at radius 2 is 1.52 bits per heavy atom. The summed E-state index contributed by atoms with van der Waals surface area (Å²) in [4.78, 5) is 35.3. The standard InChI is InChI=1S/C22H25N5O4/c23-13-1-2-20(28)25-18-11-7-16(8-12-18)4-3-15-5-9-17(10-6-15)21(29)26-19(14-24)22(30)27-31/h5-12,19,31H,1-2,13-14,23-24H2,(H,25,28)(H,26,29)(H,27,30)/t19-/m0/s1. The van der Waals surface area contributed by atoms with Gasteiger partial charge in [0.1, 0.15) is 6.04 Å². The minimum atomic E-state index is -1.04. The second kappa shape index (κ2) is 12.1. The number of amides is 3. The van der Waals surface area contributed by atoms with Gasteiger partial charge in [0.05, 0.1) is 0 Å². The van der Waals surface area contributed by atoms with Crippen LogP contribution in [0.4, 0.5) is 5.69 Å². The minimum Gasteiger partial charge on any atom is -0.339 e. The summed E-state index contributed by atoms with van der Waals surface area (Å²) in [6.07, 6.45) is 1.02. The molecular weight excluding hydrogens is 398 g/mol. The monoisotopic (exact) mass is 423 g/mol. The maximum absolute atomic E-state index is 12.2. The van der Waals surface area contributed by atoms with Crippen molar-refractivity contribution < 1.29 is 19.6 Å². The second-order valence-corrected chi connectivity index (χ2v) is 6.58. The molecule has 1 atom stereocenters. The Balaban J connectivity index is 1.97. The molecule has 0 unspecified atom stereocenters. The van der Waals surface area contributed by atoms with Gasteiger partial charge in [0.15, 0.2) is 0 Å². The third-order valence-electron chi connectivity index (χ3n) is 4.24. The Kier molecular flexibility index (Phi) is 9.19. The molecule has 162 valence electrons.